The first kappa shape index (κ1) is 19.8. The molecule has 152 valence electrons. The molecule has 1 saturated heterocycles. The van der Waals surface area contributed by atoms with Crippen LogP contribution in [-0.2, 0) is 12.0 Å². The van der Waals surface area contributed by atoms with Gasteiger partial charge >= 0.3 is 0 Å². The van der Waals surface area contributed by atoms with Gasteiger partial charge in [-0.05, 0) is 43.7 Å². The Morgan fingerprint density at radius 3 is 2.86 bits per heavy atom. The van der Waals surface area contributed by atoms with Crippen molar-refractivity contribution in [2.45, 2.75) is 31.7 Å². The number of nitrogen functional groups attached to an aromatic ring is 1. The number of hydrogen-bond donors (Lipinski definition) is 1. The largest absolute Gasteiger partial charge is 0.397 e. The quantitative estimate of drug-likeness (QED) is 0.713. The first-order valence-electron chi connectivity index (χ1n) is 9.91. The molecule has 1 amide bonds. The lowest BCUT2D eigenvalue weighted by Crippen LogP contribution is -2.44. The summed E-state index contributed by atoms with van der Waals surface area (Å²) in [5.74, 6) is -0.0718. The normalized spacial score (nSPS) is 20.1. The van der Waals surface area contributed by atoms with Gasteiger partial charge in [0, 0.05) is 49.9 Å². The predicted molar refractivity (Wildman–Crippen MR) is 118 cm³/mol. The molecule has 6 nitrogen and oxygen atoms in total. The third-order valence-corrected chi connectivity index (χ3v) is 6.80. The number of nitrogens with zero attached hydrogens (tertiary/aromatic N) is 4. The maximum Gasteiger partial charge on any atom is 0.265 e. The first-order valence-corrected chi connectivity index (χ1v) is 10.7. The molecule has 4 heterocycles. The Balaban J connectivity index is 1.61. The molecule has 1 atom stereocenters. The van der Waals surface area contributed by atoms with Gasteiger partial charge in [-0.3, -0.25) is 14.7 Å². The van der Waals surface area contributed by atoms with Crippen molar-refractivity contribution in [3.63, 3.8) is 0 Å². The van der Waals surface area contributed by atoms with E-state index >= 15 is 0 Å². The fourth-order valence-electron chi connectivity index (χ4n) is 4.10. The second-order valence-electron chi connectivity index (χ2n) is 8.29. The van der Waals surface area contributed by atoms with Gasteiger partial charge in [-0.15, -0.1) is 11.3 Å². The van der Waals surface area contributed by atoms with Gasteiger partial charge in [0.1, 0.15) is 9.71 Å². The molecule has 1 aliphatic rings. The van der Waals surface area contributed by atoms with Gasteiger partial charge < -0.3 is 10.6 Å². The van der Waals surface area contributed by atoms with Crippen LogP contribution in [0.5, 0.6) is 0 Å². The molecule has 3 aromatic rings. The molecule has 1 aliphatic heterocycles. The van der Waals surface area contributed by atoms with Crippen molar-refractivity contribution in [1.29, 1.82) is 0 Å². The van der Waals surface area contributed by atoms with Crippen molar-refractivity contribution in [1.82, 2.24) is 19.8 Å². The summed E-state index contributed by atoms with van der Waals surface area (Å²) in [6.07, 6.45) is 4.07. The number of carbonyl (C=O) groups is 1. The highest BCUT2D eigenvalue weighted by molar-refractivity contribution is 7.21. The summed E-state index contributed by atoms with van der Waals surface area (Å²) in [5, 5.41) is 0.869. The average Bonchev–Trinajstić information content (AvgIpc) is 3.04. The molecule has 7 heteroatoms. The molecule has 0 radical (unpaired) electrons. The standard InChI is InChI=1S/C22H27N5OS/c1-22(10-6-12-27(14-22)13-15-7-4-5-11-24-15)17-9-8-16-18(23)19(21(28)26(2)3)29-20(16)25-17/h4-5,7-9,11H,6,10,12-14,23H2,1-3H3/t22-/m0/s1. The third kappa shape index (κ3) is 3.84. The topological polar surface area (TPSA) is 75.4 Å². The summed E-state index contributed by atoms with van der Waals surface area (Å²) in [4.78, 5) is 27.3. The summed E-state index contributed by atoms with van der Waals surface area (Å²) in [6, 6.07) is 10.2. The van der Waals surface area contributed by atoms with Gasteiger partial charge in [0.15, 0.2) is 0 Å². The van der Waals surface area contributed by atoms with E-state index in [1.165, 1.54) is 11.3 Å². The van der Waals surface area contributed by atoms with Crippen molar-refractivity contribution in [2.75, 3.05) is 32.9 Å². The monoisotopic (exact) mass is 409 g/mol. The van der Waals surface area contributed by atoms with Gasteiger partial charge in [0.2, 0.25) is 0 Å². The van der Waals surface area contributed by atoms with Crippen LogP contribution in [0.4, 0.5) is 5.69 Å². The molecule has 3 aromatic heterocycles. The van der Waals surface area contributed by atoms with E-state index < -0.39 is 0 Å². The summed E-state index contributed by atoms with van der Waals surface area (Å²) in [6.45, 7) is 5.15. The van der Waals surface area contributed by atoms with Crippen LogP contribution in [0.2, 0.25) is 0 Å². The lowest BCUT2D eigenvalue weighted by molar-refractivity contribution is 0.0833. The summed E-state index contributed by atoms with van der Waals surface area (Å²) < 4.78 is 0. The second kappa shape index (κ2) is 7.72. The Labute approximate surface area is 175 Å². The Kier molecular flexibility index (Phi) is 5.27. The van der Waals surface area contributed by atoms with E-state index in [-0.39, 0.29) is 11.3 Å². The van der Waals surface area contributed by atoms with E-state index in [4.69, 9.17) is 10.7 Å². The van der Waals surface area contributed by atoms with Crippen LogP contribution in [-0.4, -0.2) is 52.9 Å². The predicted octanol–water partition coefficient (Wildman–Crippen LogP) is 3.53. The van der Waals surface area contributed by atoms with Crippen LogP contribution in [0.3, 0.4) is 0 Å². The zero-order valence-electron chi connectivity index (χ0n) is 17.2. The summed E-state index contributed by atoms with van der Waals surface area (Å²) in [7, 11) is 3.48. The number of rotatable bonds is 4. The summed E-state index contributed by atoms with van der Waals surface area (Å²) >= 11 is 1.39. The van der Waals surface area contributed by atoms with E-state index in [2.05, 4.69) is 28.9 Å². The van der Waals surface area contributed by atoms with Crippen molar-refractivity contribution in [2.24, 2.45) is 0 Å². The van der Waals surface area contributed by atoms with Gasteiger partial charge in [-0.25, -0.2) is 4.98 Å². The maximum absolute atomic E-state index is 12.4. The molecular weight excluding hydrogens is 382 g/mol. The number of carbonyl (C=O) groups excluding carboxylic acids is 1. The van der Waals surface area contributed by atoms with Gasteiger partial charge in [0.25, 0.3) is 5.91 Å². The molecule has 0 unspecified atom stereocenters. The fraction of sp³-hybridized carbons (Fsp3) is 0.409. The minimum Gasteiger partial charge on any atom is -0.397 e. The number of nitrogens with two attached hydrogens (primary N) is 1. The Bertz CT molecular complexity index is 1030. The smallest absolute Gasteiger partial charge is 0.265 e. The van der Waals surface area contributed by atoms with E-state index in [9.17, 15) is 4.79 Å². The van der Waals surface area contributed by atoms with Crippen molar-refractivity contribution < 1.29 is 4.79 Å². The molecule has 0 spiro atoms. The van der Waals surface area contributed by atoms with Crippen LogP contribution < -0.4 is 5.73 Å². The average molecular weight is 410 g/mol. The van der Waals surface area contributed by atoms with Crippen LogP contribution in [0.25, 0.3) is 10.2 Å². The highest BCUT2D eigenvalue weighted by Gasteiger charge is 2.34. The Morgan fingerprint density at radius 1 is 1.31 bits per heavy atom. The molecule has 0 saturated carbocycles. The van der Waals surface area contributed by atoms with E-state index in [0.29, 0.717) is 10.6 Å². The minimum absolute atomic E-state index is 0.0360. The van der Waals surface area contributed by atoms with Crippen LogP contribution in [0, 0.1) is 0 Å². The zero-order valence-corrected chi connectivity index (χ0v) is 18.0. The SMILES string of the molecule is CN(C)C(=O)c1sc2nc([C@@]3(C)CCCN(Cc4ccccn4)C3)ccc2c1N. The minimum atomic E-state index is -0.0718. The number of pyridine rings is 2. The highest BCUT2D eigenvalue weighted by Crippen LogP contribution is 2.38. The second-order valence-corrected chi connectivity index (χ2v) is 9.29. The first-order chi connectivity index (χ1) is 13.9. The number of fused-ring (bicyclic) bond motifs is 1. The number of anilines is 1. The molecule has 1 fully saturated rings. The lowest BCUT2D eigenvalue weighted by Gasteiger charge is -2.40. The molecule has 29 heavy (non-hydrogen) atoms. The number of amides is 1. The maximum atomic E-state index is 12.4. The van der Waals surface area contributed by atoms with Crippen LogP contribution in [0.1, 0.15) is 40.8 Å². The molecule has 2 N–H and O–H groups in total. The lowest BCUT2D eigenvalue weighted by atomic mass is 9.78. The van der Waals surface area contributed by atoms with E-state index in [1.807, 2.05) is 24.4 Å². The van der Waals surface area contributed by atoms with E-state index in [1.54, 1.807) is 19.0 Å². The number of hydrogen-bond acceptors (Lipinski definition) is 6. The van der Waals surface area contributed by atoms with Gasteiger partial charge in [-0.2, -0.15) is 0 Å². The number of piperidine rings is 1. The molecular formula is C22H27N5OS. The number of thiophene rings is 1. The zero-order chi connectivity index (χ0) is 20.6. The fourth-order valence-corrected chi connectivity index (χ4v) is 5.22. The van der Waals surface area contributed by atoms with Crippen LogP contribution in [0.15, 0.2) is 36.5 Å². The highest BCUT2D eigenvalue weighted by atomic mass is 32.1. The number of aromatic nitrogens is 2. The van der Waals surface area contributed by atoms with Gasteiger partial charge in [0.05, 0.1) is 11.4 Å². The molecule has 0 aromatic carbocycles. The summed E-state index contributed by atoms with van der Waals surface area (Å²) in [5.41, 5.74) is 8.92. The van der Waals surface area contributed by atoms with E-state index in [0.717, 1.165) is 54.1 Å². The third-order valence-electron chi connectivity index (χ3n) is 5.70. The van der Waals surface area contributed by atoms with Crippen molar-refractivity contribution >= 4 is 33.1 Å². The molecule has 0 aliphatic carbocycles. The van der Waals surface area contributed by atoms with Crippen molar-refractivity contribution in [3.8, 4) is 0 Å². The molecule has 4 rings (SSSR count). The Morgan fingerprint density at radius 2 is 2.14 bits per heavy atom. The molecule has 0 bridgehead atoms. The Hall–Kier alpha value is -2.51. The number of likely N-dealkylation sites (tertiary alicyclic amines) is 1. The van der Waals surface area contributed by atoms with Crippen molar-refractivity contribution in [3.05, 3.63) is 52.8 Å². The van der Waals surface area contributed by atoms with Gasteiger partial charge in [-0.1, -0.05) is 13.0 Å². The van der Waals surface area contributed by atoms with Crippen LogP contribution >= 0.6 is 11.3 Å².